The summed E-state index contributed by atoms with van der Waals surface area (Å²) in [5.41, 5.74) is 3.50. The van der Waals surface area contributed by atoms with Crippen LogP contribution < -0.4 is 15.5 Å². The standard InChI is InChI=1S/C19H24FN5O2/c1-24-18(15(11-22-24)13-2-3-13)12-21-19(26)23-16-5-4-14(20)10-17(16)25-6-8-27-9-7-25/h4-5,10-11,13H,2-3,6-9,12H2,1H3,(H2,21,23,26). The van der Waals surface area contributed by atoms with Gasteiger partial charge >= 0.3 is 6.03 Å². The molecule has 7 nitrogen and oxygen atoms in total. The Balaban J connectivity index is 1.43. The molecule has 2 aliphatic rings. The molecule has 0 unspecified atom stereocenters. The van der Waals surface area contributed by atoms with Gasteiger partial charge in [-0.05, 0) is 42.5 Å². The average molecular weight is 373 g/mol. The van der Waals surface area contributed by atoms with Gasteiger partial charge in [0.25, 0.3) is 0 Å². The lowest BCUT2D eigenvalue weighted by atomic mass is 10.1. The number of aromatic nitrogens is 2. The Morgan fingerprint density at radius 3 is 2.85 bits per heavy atom. The second-order valence-corrected chi connectivity index (χ2v) is 7.01. The molecule has 1 aromatic carbocycles. The monoisotopic (exact) mass is 373 g/mol. The van der Waals surface area contributed by atoms with E-state index >= 15 is 0 Å². The van der Waals surface area contributed by atoms with Gasteiger partial charge in [0.1, 0.15) is 5.82 Å². The first kappa shape index (κ1) is 17.8. The van der Waals surface area contributed by atoms with Crippen molar-refractivity contribution in [2.24, 2.45) is 7.05 Å². The third-order valence-corrected chi connectivity index (χ3v) is 5.09. The third-order valence-electron chi connectivity index (χ3n) is 5.09. The van der Waals surface area contributed by atoms with Gasteiger partial charge in [0.15, 0.2) is 0 Å². The lowest BCUT2D eigenvalue weighted by Gasteiger charge is -2.30. The maximum Gasteiger partial charge on any atom is 0.319 e. The molecular formula is C19H24FN5O2. The van der Waals surface area contributed by atoms with Crippen molar-refractivity contribution in [1.29, 1.82) is 0 Å². The number of carbonyl (C=O) groups excluding carboxylic acids is 1. The van der Waals surface area contributed by atoms with E-state index in [1.54, 1.807) is 6.07 Å². The van der Waals surface area contributed by atoms with E-state index in [2.05, 4.69) is 15.7 Å². The summed E-state index contributed by atoms with van der Waals surface area (Å²) in [6, 6.07) is 4.08. The number of hydrogen-bond donors (Lipinski definition) is 2. The van der Waals surface area contributed by atoms with Crippen LogP contribution >= 0.6 is 0 Å². The number of morpholine rings is 1. The van der Waals surface area contributed by atoms with E-state index in [9.17, 15) is 9.18 Å². The molecule has 0 radical (unpaired) electrons. The zero-order valence-corrected chi connectivity index (χ0v) is 15.4. The van der Waals surface area contributed by atoms with E-state index < -0.39 is 0 Å². The van der Waals surface area contributed by atoms with Crippen LogP contribution in [0.4, 0.5) is 20.6 Å². The molecular weight excluding hydrogens is 349 g/mol. The van der Waals surface area contributed by atoms with Crippen LogP contribution in [0.3, 0.4) is 0 Å². The van der Waals surface area contributed by atoms with Crippen LogP contribution in [0.5, 0.6) is 0 Å². The fourth-order valence-electron chi connectivity index (χ4n) is 3.44. The van der Waals surface area contributed by atoms with E-state index in [0.717, 1.165) is 5.69 Å². The van der Waals surface area contributed by atoms with Crippen molar-refractivity contribution in [3.05, 3.63) is 41.5 Å². The Kier molecular flexibility index (Phi) is 4.98. The van der Waals surface area contributed by atoms with Crippen molar-refractivity contribution < 1.29 is 13.9 Å². The van der Waals surface area contributed by atoms with Crippen molar-refractivity contribution in [3.8, 4) is 0 Å². The summed E-state index contributed by atoms with van der Waals surface area (Å²) in [7, 11) is 1.89. The molecule has 2 amide bonds. The van der Waals surface area contributed by atoms with Gasteiger partial charge < -0.3 is 20.3 Å². The van der Waals surface area contributed by atoms with Gasteiger partial charge in [0, 0.05) is 20.1 Å². The summed E-state index contributed by atoms with van der Waals surface area (Å²) < 4.78 is 20.9. The minimum absolute atomic E-state index is 0.320. The Labute approximate surface area is 157 Å². The normalized spacial score (nSPS) is 17.0. The third kappa shape index (κ3) is 4.05. The largest absolute Gasteiger partial charge is 0.378 e. The summed E-state index contributed by atoms with van der Waals surface area (Å²) in [6.07, 6.45) is 4.26. The number of amides is 2. The number of anilines is 2. The van der Waals surface area contributed by atoms with Gasteiger partial charge in [-0.25, -0.2) is 9.18 Å². The quantitative estimate of drug-likeness (QED) is 0.845. The SMILES string of the molecule is Cn1ncc(C2CC2)c1CNC(=O)Nc1ccc(F)cc1N1CCOCC1. The minimum Gasteiger partial charge on any atom is -0.378 e. The number of rotatable bonds is 5. The van der Waals surface area contributed by atoms with Gasteiger partial charge in [0.2, 0.25) is 0 Å². The highest BCUT2D eigenvalue weighted by atomic mass is 19.1. The molecule has 1 aromatic heterocycles. The van der Waals surface area contributed by atoms with Crippen LogP contribution in [-0.4, -0.2) is 42.1 Å². The van der Waals surface area contributed by atoms with Gasteiger partial charge in [-0.15, -0.1) is 0 Å². The maximum absolute atomic E-state index is 13.7. The van der Waals surface area contributed by atoms with Crippen molar-refractivity contribution in [2.45, 2.75) is 25.3 Å². The molecule has 0 atom stereocenters. The van der Waals surface area contributed by atoms with E-state index in [-0.39, 0.29) is 11.8 Å². The molecule has 2 heterocycles. The summed E-state index contributed by atoms with van der Waals surface area (Å²) in [5.74, 6) is 0.245. The highest BCUT2D eigenvalue weighted by Crippen LogP contribution is 2.41. The molecule has 1 aliphatic heterocycles. The molecule has 27 heavy (non-hydrogen) atoms. The van der Waals surface area contributed by atoms with E-state index in [1.165, 1.54) is 30.5 Å². The predicted molar refractivity (Wildman–Crippen MR) is 100 cm³/mol. The zero-order chi connectivity index (χ0) is 18.8. The van der Waals surface area contributed by atoms with Gasteiger partial charge in [-0.3, -0.25) is 4.68 Å². The van der Waals surface area contributed by atoms with E-state index in [4.69, 9.17) is 4.74 Å². The topological polar surface area (TPSA) is 71.4 Å². The maximum atomic E-state index is 13.7. The lowest BCUT2D eigenvalue weighted by molar-refractivity contribution is 0.122. The molecule has 1 saturated carbocycles. The first-order chi connectivity index (χ1) is 13.1. The number of ether oxygens (including phenoxy) is 1. The molecule has 0 spiro atoms. The van der Waals surface area contributed by atoms with Crippen molar-refractivity contribution >= 4 is 17.4 Å². The number of nitrogens with one attached hydrogen (secondary N) is 2. The fourth-order valence-corrected chi connectivity index (χ4v) is 3.44. The fraction of sp³-hybridized carbons (Fsp3) is 0.474. The van der Waals surface area contributed by atoms with Crippen molar-refractivity contribution in [1.82, 2.24) is 15.1 Å². The van der Waals surface area contributed by atoms with Crippen LogP contribution in [0.15, 0.2) is 24.4 Å². The lowest BCUT2D eigenvalue weighted by Crippen LogP contribution is -2.37. The van der Waals surface area contributed by atoms with Crippen LogP contribution in [0.1, 0.15) is 30.0 Å². The average Bonchev–Trinajstić information content (AvgIpc) is 3.45. The second kappa shape index (κ2) is 7.56. The highest BCUT2D eigenvalue weighted by molar-refractivity contribution is 5.93. The molecule has 2 N–H and O–H groups in total. The molecule has 4 rings (SSSR count). The summed E-state index contributed by atoms with van der Waals surface area (Å²) in [6.45, 7) is 2.92. The number of halogens is 1. The van der Waals surface area contributed by atoms with E-state index in [1.807, 2.05) is 22.8 Å². The van der Waals surface area contributed by atoms with Crippen LogP contribution in [0.25, 0.3) is 0 Å². The Morgan fingerprint density at radius 2 is 2.11 bits per heavy atom. The van der Waals surface area contributed by atoms with Crippen molar-refractivity contribution in [3.63, 3.8) is 0 Å². The van der Waals surface area contributed by atoms with Gasteiger partial charge in [0.05, 0.1) is 43.0 Å². The van der Waals surface area contributed by atoms with Gasteiger partial charge in [-0.1, -0.05) is 0 Å². The first-order valence-corrected chi connectivity index (χ1v) is 9.29. The first-order valence-electron chi connectivity index (χ1n) is 9.29. The highest BCUT2D eigenvalue weighted by Gasteiger charge is 2.28. The number of urea groups is 1. The summed E-state index contributed by atoms with van der Waals surface area (Å²) >= 11 is 0. The summed E-state index contributed by atoms with van der Waals surface area (Å²) in [5, 5.41) is 10.1. The molecule has 1 aliphatic carbocycles. The smallest absolute Gasteiger partial charge is 0.319 e. The van der Waals surface area contributed by atoms with E-state index in [0.29, 0.717) is 50.1 Å². The number of carbonyl (C=O) groups is 1. The summed E-state index contributed by atoms with van der Waals surface area (Å²) in [4.78, 5) is 14.5. The Hall–Kier alpha value is -2.61. The Bertz CT molecular complexity index is 828. The molecule has 8 heteroatoms. The second-order valence-electron chi connectivity index (χ2n) is 7.01. The molecule has 2 fully saturated rings. The zero-order valence-electron chi connectivity index (χ0n) is 15.4. The Morgan fingerprint density at radius 1 is 1.33 bits per heavy atom. The predicted octanol–water partition coefficient (Wildman–Crippen LogP) is 2.59. The number of nitrogens with zero attached hydrogens (tertiary/aromatic N) is 3. The number of aryl methyl sites for hydroxylation is 1. The molecule has 0 bridgehead atoms. The molecule has 2 aromatic rings. The molecule has 144 valence electrons. The van der Waals surface area contributed by atoms with Gasteiger partial charge in [-0.2, -0.15) is 5.10 Å². The van der Waals surface area contributed by atoms with Crippen molar-refractivity contribution in [2.75, 3.05) is 36.5 Å². The van der Waals surface area contributed by atoms with Crippen LogP contribution in [0, 0.1) is 5.82 Å². The number of hydrogen-bond acceptors (Lipinski definition) is 4. The van der Waals surface area contributed by atoms with Crippen LogP contribution in [0.2, 0.25) is 0 Å². The molecule has 1 saturated heterocycles. The minimum atomic E-state index is -0.327. The van der Waals surface area contributed by atoms with Crippen LogP contribution in [-0.2, 0) is 18.3 Å². The number of benzene rings is 1.